The average Bonchev–Trinajstić information content (AvgIpc) is 2.78. The van der Waals surface area contributed by atoms with Crippen LogP contribution in [0.2, 0.25) is 0 Å². The number of methoxy groups -OCH3 is 1. The topological polar surface area (TPSA) is 68.7 Å². The molecule has 3 aromatic rings. The predicted molar refractivity (Wildman–Crippen MR) is 124 cm³/mol. The van der Waals surface area contributed by atoms with Crippen LogP contribution in [-0.2, 0) is 17.0 Å². The lowest BCUT2D eigenvalue weighted by Crippen LogP contribution is -2.04. The zero-order chi connectivity index (χ0) is 22.1. The smallest absolute Gasteiger partial charge is 0.328 e. The standard InChI is InChI=1S/C25H25NO4S/c1-18-5-3-4-6-24(18)31-17-20-9-13-23(22(26-20)12-14-25(27)28)30-16-15-19-7-10-21(29-2)11-8-19/h3-14H,15-17H2,1-2H3,(H,27,28). The third-order valence-corrected chi connectivity index (χ3v) is 5.81. The van der Waals surface area contributed by atoms with Gasteiger partial charge in [0.25, 0.3) is 0 Å². The van der Waals surface area contributed by atoms with Crippen LogP contribution < -0.4 is 9.47 Å². The van der Waals surface area contributed by atoms with E-state index in [1.165, 1.54) is 16.5 Å². The molecule has 0 saturated heterocycles. The van der Waals surface area contributed by atoms with E-state index in [9.17, 15) is 4.79 Å². The molecule has 0 aliphatic rings. The molecule has 0 saturated carbocycles. The van der Waals surface area contributed by atoms with Crippen molar-refractivity contribution in [3.63, 3.8) is 0 Å². The number of thioether (sulfide) groups is 1. The van der Waals surface area contributed by atoms with Crippen molar-refractivity contribution in [1.29, 1.82) is 0 Å². The van der Waals surface area contributed by atoms with E-state index in [2.05, 4.69) is 24.0 Å². The average molecular weight is 436 g/mol. The highest BCUT2D eigenvalue weighted by molar-refractivity contribution is 7.98. The van der Waals surface area contributed by atoms with Crippen molar-refractivity contribution < 1.29 is 19.4 Å². The Hall–Kier alpha value is -3.25. The molecule has 0 unspecified atom stereocenters. The summed E-state index contributed by atoms with van der Waals surface area (Å²) >= 11 is 1.70. The SMILES string of the molecule is COc1ccc(CCOc2ccc(CSc3ccccc3C)nc2C=CC(=O)O)cc1. The molecule has 2 aromatic carbocycles. The quantitative estimate of drug-likeness (QED) is 0.339. The van der Waals surface area contributed by atoms with Crippen molar-refractivity contribution in [2.45, 2.75) is 24.0 Å². The number of hydrogen-bond acceptors (Lipinski definition) is 5. The first-order chi connectivity index (χ1) is 15.0. The van der Waals surface area contributed by atoms with Gasteiger partial charge in [0.2, 0.25) is 0 Å². The fraction of sp³-hybridized carbons (Fsp3) is 0.200. The molecular formula is C25H25NO4S. The number of pyridine rings is 1. The summed E-state index contributed by atoms with van der Waals surface area (Å²) in [6, 6.07) is 19.8. The van der Waals surface area contributed by atoms with Gasteiger partial charge >= 0.3 is 5.97 Å². The second-order valence-corrected chi connectivity index (χ2v) is 7.88. The minimum Gasteiger partial charge on any atom is -0.497 e. The maximum Gasteiger partial charge on any atom is 0.328 e. The third kappa shape index (κ3) is 6.89. The molecule has 0 radical (unpaired) electrons. The minimum atomic E-state index is -1.02. The summed E-state index contributed by atoms with van der Waals surface area (Å²) in [6.07, 6.45) is 3.28. The van der Waals surface area contributed by atoms with Gasteiger partial charge in [-0.3, -0.25) is 0 Å². The van der Waals surface area contributed by atoms with E-state index < -0.39 is 5.97 Å². The van der Waals surface area contributed by atoms with Crippen LogP contribution in [0, 0.1) is 6.92 Å². The Kier molecular flexibility index (Phi) is 8.12. The molecule has 0 aliphatic heterocycles. The Bertz CT molecular complexity index is 1050. The van der Waals surface area contributed by atoms with Gasteiger partial charge in [0.1, 0.15) is 17.2 Å². The third-order valence-electron chi connectivity index (χ3n) is 4.60. The molecular weight excluding hydrogens is 410 g/mol. The molecule has 3 rings (SSSR count). The van der Waals surface area contributed by atoms with Gasteiger partial charge in [-0.1, -0.05) is 30.3 Å². The molecule has 0 atom stereocenters. The van der Waals surface area contributed by atoms with Gasteiger partial charge in [-0.2, -0.15) is 0 Å². The van der Waals surface area contributed by atoms with Crippen molar-refractivity contribution in [2.75, 3.05) is 13.7 Å². The Morgan fingerprint density at radius 1 is 1.10 bits per heavy atom. The van der Waals surface area contributed by atoms with Crippen molar-refractivity contribution in [1.82, 2.24) is 4.98 Å². The van der Waals surface area contributed by atoms with Crippen LogP contribution in [-0.4, -0.2) is 29.8 Å². The first-order valence-electron chi connectivity index (χ1n) is 9.90. The minimum absolute atomic E-state index is 0.458. The zero-order valence-electron chi connectivity index (χ0n) is 17.6. The predicted octanol–water partition coefficient (Wildman–Crippen LogP) is 5.41. The maximum absolute atomic E-state index is 11.0. The summed E-state index contributed by atoms with van der Waals surface area (Å²) in [5, 5.41) is 9.02. The Morgan fingerprint density at radius 2 is 1.87 bits per heavy atom. The number of rotatable bonds is 10. The first kappa shape index (κ1) is 22.4. The molecule has 31 heavy (non-hydrogen) atoms. The number of aromatic nitrogens is 1. The monoisotopic (exact) mass is 435 g/mol. The summed E-state index contributed by atoms with van der Waals surface area (Å²) in [5.41, 5.74) is 3.72. The molecule has 1 aromatic heterocycles. The van der Waals surface area contributed by atoms with E-state index in [0.29, 0.717) is 23.8 Å². The fourth-order valence-corrected chi connectivity index (χ4v) is 3.85. The van der Waals surface area contributed by atoms with Crippen LogP contribution in [0.1, 0.15) is 22.5 Å². The van der Waals surface area contributed by atoms with E-state index in [1.807, 2.05) is 48.5 Å². The highest BCUT2D eigenvalue weighted by atomic mass is 32.2. The van der Waals surface area contributed by atoms with Crippen LogP contribution in [0.4, 0.5) is 0 Å². The van der Waals surface area contributed by atoms with E-state index in [4.69, 9.17) is 14.6 Å². The normalized spacial score (nSPS) is 10.9. The molecule has 1 heterocycles. The van der Waals surface area contributed by atoms with Gasteiger partial charge in [0, 0.05) is 23.1 Å². The second-order valence-electron chi connectivity index (χ2n) is 6.86. The van der Waals surface area contributed by atoms with Gasteiger partial charge in [0.15, 0.2) is 0 Å². The number of aliphatic carboxylic acids is 1. The molecule has 5 nitrogen and oxygen atoms in total. The van der Waals surface area contributed by atoms with Crippen LogP contribution >= 0.6 is 11.8 Å². The van der Waals surface area contributed by atoms with Gasteiger partial charge in [-0.25, -0.2) is 9.78 Å². The van der Waals surface area contributed by atoms with Crippen molar-refractivity contribution in [2.24, 2.45) is 0 Å². The van der Waals surface area contributed by atoms with E-state index in [-0.39, 0.29) is 0 Å². The van der Waals surface area contributed by atoms with Crippen molar-refractivity contribution >= 4 is 23.8 Å². The van der Waals surface area contributed by atoms with Crippen molar-refractivity contribution in [3.05, 3.63) is 89.3 Å². The number of carboxylic acid groups (broad SMARTS) is 1. The molecule has 0 bridgehead atoms. The Labute approximate surface area is 186 Å². The van der Waals surface area contributed by atoms with Crippen LogP contribution in [0.5, 0.6) is 11.5 Å². The zero-order valence-corrected chi connectivity index (χ0v) is 18.4. The lowest BCUT2D eigenvalue weighted by molar-refractivity contribution is -0.131. The molecule has 0 aliphatic carbocycles. The van der Waals surface area contributed by atoms with Gasteiger partial charge < -0.3 is 14.6 Å². The number of nitrogens with zero attached hydrogens (tertiary/aromatic N) is 1. The largest absolute Gasteiger partial charge is 0.497 e. The number of carboxylic acids is 1. The number of benzene rings is 2. The summed E-state index contributed by atoms with van der Waals surface area (Å²) in [4.78, 5) is 16.8. The van der Waals surface area contributed by atoms with E-state index in [1.54, 1.807) is 18.9 Å². The first-order valence-corrected chi connectivity index (χ1v) is 10.9. The summed E-state index contributed by atoms with van der Waals surface area (Å²) < 4.78 is 11.1. The molecule has 1 N–H and O–H groups in total. The molecule has 0 spiro atoms. The van der Waals surface area contributed by atoms with Crippen LogP contribution in [0.15, 0.2) is 71.6 Å². The lowest BCUT2D eigenvalue weighted by Gasteiger charge is -2.11. The summed E-state index contributed by atoms with van der Waals surface area (Å²) in [7, 11) is 1.64. The molecule has 0 fully saturated rings. The number of aryl methyl sites for hydroxylation is 1. The van der Waals surface area contributed by atoms with Gasteiger partial charge in [0.05, 0.1) is 19.4 Å². The van der Waals surface area contributed by atoms with Crippen LogP contribution in [0.25, 0.3) is 6.08 Å². The van der Waals surface area contributed by atoms with Crippen LogP contribution in [0.3, 0.4) is 0 Å². The van der Waals surface area contributed by atoms with E-state index in [0.717, 1.165) is 29.5 Å². The molecule has 0 amide bonds. The lowest BCUT2D eigenvalue weighted by atomic mass is 10.1. The highest BCUT2D eigenvalue weighted by Gasteiger charge is 2.08. The van der Waals surface area contributed by atoms with Gasteiger partial charge in [-0.15, -0.1) is 11.8 Å². The summed E-state index contributed by atoms with van der Waals surface area (Å²) in [6.45, 7) is 2.54. The second kappa shape index (κ2) is 11.2. The van der Waals surface area contributed by atoms with E-state index >= 15 is 0 Å². The number of carbonyl (C=O) groups is 1. The van der Waals surface area contributed by atoms with Gasteiger partial charge in [-0.05, 0) is 54.5 Å². The fourth-order valence-electron chi connectivity index (χ4n) is 2.92. The summed E-state index contributed by atoms with van der Waals surface area (Å²) in [5.74, 6) is 1.04. The Balaban J connectivity index is 1.68. The maximum atomic E-state index is 11.0. The number of ether oxygens (including phenoxy) is 2. The highest BCUT2D eigenvalue weighted by Crippen LogP contribution is 2.27. The molecule has 6 heteroatoms. The number of hydrogen-bond donors (Lipinski definition) is 1. The molecule has 160 valence electrons. The Morgan fingerprint density at radius 3 is 2.58 bits per heavy atom. The van der Waals surface area contributed by atoms with Crippen molar-refractivity contribution in [3.8, 4) is 11.5 Å².